The van der Waals surface area contributed by atoms with Crippen LogP contribution in [0.15, 0.2) is 41.4 Å². The van der Waals surface area contributed by atoms with Crippen LogP contribution in [0, 0.1) is 5.82 Å². The lowest BCUT2D eigenvalue weighted by atomic mass is 9.89. The van der Waals surface area contributed by atoms with Crippen LogP contribution in [0.4, 0.5) is 4.39 Å². The predicted molar refractivity (Wildman–Crippen MR) is 128 cm³/mol. The van der Waals surface area contributed by atoms with Crippen LogP contribution in [0.5, 0.6) is 11.5 Å². The van der Waals surface area contributed by atoms with E-state index in [9.17, 15) is 14.0 Å². The summed E-state index contributed by atoms with van der Waals surface area (Å²) in [6.45, 7) is 6.14. The first-order valence-electron chi connectivity index (χ1n) is 11.8. The molecule has 0 fully saturated rings. The Hall–Kier alpha value is -3.62. The number of nitrogens with two attached hydrogens (primary N) is 1. The zero-order chi connectivity index (χ0) is 24.9. The number of ether oxygens (including phenoxy) is 2. The molecule has 3 N–H and O–H groups in total. The molecule has 3 aliphatic rings. The number of nitrogens with zero attached hydrogens (tertiary/aromatic N) is 2. The molecule has 35 heavy (non-hydrogen) atoms. The highest BCUT2D eigenvalue weighted by Crippen LogP contribution is 2.41. The summed E-state index contributed by atoms with van der Waals surface area (Å²) in [5, 5.41) is 3.04. The topological polar surface area (TPSA) is 106 Å². The van der Waals surface area contributed by atoms with Crippen LogP contribution in [-0.2, 0) is 4.79 Å². The highest BCUT2D eigenvalue weighted by molar-refractivity contribution is 5.99. The van der Waals surface area contributed by atoms with Crippen molar-refractivity contribution in [2.24, 2.45) is 10.7 Å². The van der Waals surface area contributed by atoms with Gasteiger partial charge in [0.05, 0.1) is 24.7 Å². The molecule has 0 saturated heterocycles. The molecule has 5 rings (SSSR count). The van der Waals surface area contributed by atoms with Gasteiger partial charge in [-0.2, -0.15) is 0 Å². The normalized spacial score (nSPS) is 24.9. The molecule has 2 unspecified atom stereocenters. The molecule has 3 aliphatic heterocycles. The maximum atomic E-state index is 14.0. The van der Waals surface area contributed by atoms with E-state index in [1.165, 1.54) is 17.0 Å². The van der Waals surface area contributed by atoms with Crippen LogP contribution in [0.1, 0.15) is 73.6 Å². The fourth-order valence-corrected chi connectivity index (χ4v) is 5.13. The molecule has 0 aromatic heterocycles. The third kappa shape index (κ3) is 4.42. The van der Waals surface area contributed by atoms with Gasteiger partial charge in [-0.15, -0.1) is 0 Å². The standard InChI is InChI=1S/C26H29FN4O4/c1-14-10-23(32)31(25(28)29-14)20-8-9-34-21-6-4-15(11-18(20)21)24(33)30-19-13-26(2,3)35-22-7-5-16(27)12-17(19)22/h4-7,11-12,14,19-20H,8-10,13H2,1-3H3,(H2,28,29)(H,30,33)/t14?,19?,20-/m1/s1. The summed E-state index contributed by atoms with van der Waals surface area (Å²) in [5.74, 6) is 0.552. The van der Waals surface area contributed by atoms with Crippen molar-refractivity contribution in [2.75, 3.05) is 6.61 Å². The van der Waals surface area contributed by atoms with Crippen LogP contribution in [0.3, 0.4) is 0 Å². The van der Waals surface area contributed by atoms with E-state index in [2.05, 4.69) is 10.3 Å². The molecule has 0 radical (unpaired) electrons. The Bertz CT molecular complexity index is 1230. The molecular weight excluding hydrogens is 451 g/mol. The Morgan fingerprint density at radius 2 is 1.97 bits per heavy atom. The van der Waals surface area contributed by atoms with Crippen molar-refractivity contribution >= 4 is 17.8 Å². The number of benzene rings is 2. The van der Waals surface area contributed by atoms with E-state index in [1.807, 2.05) is 20.8 Å². The first kappa shape index (κ1) is 23.1. The van der Waals surface area contributed by atoms with Crippen LogP contribution in [0.25, 0.3) is 0 Å². The molecule has 9 heteroatoms. The van der Waals surface area contributed by atoms with Crippen molar-refractivity contribution in [2.45, 2.75) is 63.8 Å². The fraction of sp³-hybridized carbons (Fsp3) is 0.423. The minimum atomic E-state index is -0.528. The number of guanidine groups is 1. The predicted octanol–water partition coefficient (Wildman–Crippen LogP) is 3.62. The van der Waals surface area contributed by atoms with Gasteiger partial charge in [-0.05, 0) is 57.2 Å². The van der Waals surface area contributed by atoms with Gasteiger partial charge in [0.1, 0.15) is 22.9 Å². The summed E-state index contributed by atoms with van der Waals surface area (Å²) in [4.78, 5) is 32.1. The summed E-state index contributed by atoms with van der Waals surface area (Å²) in [5.41, 5.74) is 7.35. The molecule has 3 atom stereocenters. The Morgan fingerprint density at radius 3 is 2.74 bits per heavy atom. The molecule has 2 amide bonds. The fourth-order valence-electron chi connectivity index (χ4n) is 5.13. The molecule has 184 valence electrons. The number of carbonyl (C=O) groups is 2. The number of amides is 2. The zero-order valence-corrected chi connectivity index (χ0v) is 20.0. The van der Waals surface area contributed by atoms with Crippen molar-refractivity contribution in [3.05, 3.63) is 58.9 Å². The quantitative estimate of drug-likeness (QED) is 0.698. The van der Waals surface area contributed by atoms with E-state index in [-0.39, 0.29) is 42.1 Å². The van der Waals surface area contributed by atoms with Gasteiger partial charge in [-0.1, -0.05) is 0 Å². The molecule has 0 aliphatic carbocycles. The van der Waals surface area contributed by atoms with Crippen LogP contribution in [-0.4, -0.2) is 40.9 Å². The molecule has 2 aromatic rings. The largest absolute Gasteiger partial charge is 0.493 e. The second-order valence-corrected chi connectivity index (χ2v) is 9.98. The van der Waals surface area contributed by atoms with Gasteiger partial charge < -0.3 is 20.5 Å². The maximum absolute atomic E-state index is 14.0. The lowest BCUT2D eigenvalue weighted by Crippen LogP contribution is -2.49. The monoisotopic (exact) mass is 480 g/mol. The highest BCUT2D eigenvalue weighted by atomic mass is 19.1. The summed E-state index contributed by atoms with van der Waals surface area (Å²) < 4.78 is 25.8. The Morgan fingerprint density at radius 1 is 1.20 bits per heavy atom. The first-order valence-corrected chi connectivity index (χ1v) is 11.8. The minimum absolute atomic E-state index is 0.0965. The lowest BCUT2D eigenvalue weighted by molar-refractivity contribution is -0.130. The number of hydrogen-bond acceptors (Lipinski definition) is 6. The number of carbonyl (C=O) groups excluding carboxylic acids is 2. The second kappa shape index (κ2) is 8.55. The average Bonchev–Trinajstić information content (AvgIpc) is 2.78. The number of halogens is 1. The number of rotatable bonds is 3. The SMILES string of the molecule is CC1CC(=O)N([C@@H]2CCOc3ccc(C(=O)NC4CC(C)(C)Oc5ccc(F)cc54)cc32)C(N)=N1. The van der Waals surface area contributed by atoms with Crippen molar-refractivity contribution in [3.8, 4) is 11.5 Å². The summed E-state index contributed by atoms with van der Waals surface area (Å²) >= 11 is 0. The van der Waals surface area contributed by atoms with Crippen LogP contribution >= 0.6 is 0 Å². The van der Waals surface area contributed by atoms with Crippen molar-refractivity contribution < 1.29 is 23.5 Å². The molecule has 2 aromatic carbocycles. The number of fused-ring (bicyclic) bond motifs is 2. The molecule has 0 spiro atoms. The Kier molecular flexibility index (Phi) is 5.65. The molecule has 8 nitrogen and oxygen atoms in total. The zero-order valence-electron chi connectivity index (χ0n) is 20.0. The molecule has 3 heterocycles. The second-order valence-electron chi connectivity index (χ2n) is 9.98. The molecular formula is C26H29FN4O4. The van der Waals surface area contributed by atoms with E-state index in [0.29, 0.717) is 47.6 Å². The van der Waals surface area contributed by atoms with Crippen molar-refractivity contribution in [1.82, 2.24) is 10.2 Å². The first-order chi connectivity index (χ1) is 16.6. The van der Waals surface area contributed by atoms with Gasteiger partial charge in [0.15, 0.2) is 5.96 Å². The van der Waals surface area contributed by atoms with E-state index in [4.69, 9.17) is 15.2 Å². The van der Waals surface area contributed by atoms with Gasteiger partial charge in [0.2, 0.25) is 5.91 Å². The molecule has 0 saturated carbocycles. The average molecular weight is 481 g/mol. The highest BCUT2D eigenvalue weighted by Gasteiger charge is 2.37. The Balaban J connectivity index is 1.44. The lowest BCUT2D eigenvalue weighted by Gasteiger charge is -2.38. The van der Waals surface area contributed by atoms with Gasteiger partial charge in [-0.25, -0.2) is 9.38 Å². The van der Waals surface area contributed by atoms with E-state index < -0.39 is 11.6 Å². The third-order valence-corrected chi connectivity index (χ3v) is 6.66. The van der Waals surface area contributed by atoms with Crippen LogP contribution < -0.4 is 20.5 Å². The third-order valence-electron chi connectivity index (χ3n) is 6.66. The van der Waals surface area contributed by atoms with Gasteiger partial charge in [0.25, 0.3) is 5.91 Å². The molecule has 0 bridgehead atoms. The van der Waals surface area contributed by atoms with E-state index in [1.54, 1.807) is 24.3 Å². The van der Waals surface area contributed by atoms with Gasteiger partial charge >= 0.3 is 0 Å². The van der Waals surface area contributed by atoms with Crippen molar-refractivity contribution in [3.63, 3.8) is 0 Å². The van der Waals surface area contributed by atoms with Gasteiger partial charge in [-0.3, -0.25) is 14.5 Å². The summed E-state index contributed by atoms with van der Waals surface area (Å²) in [6, 6.07) is 8.55. The number of aliphatic imine (C=N–C) groups is 1. The number of nitrogens with one attached hydrogen (secondary N) is 1. The summed E-state index contributed by atoms with van der Waals surface area (Å²) in [6.07, 6.45) is 1.30. The minimum Gasteiger partial charge on any atom is -0.493 e. The van der Waals surface area contributed by atoms with E-state index in [0.717, 1.165) is 0 Å². The van der Waals surface area contributed by atoms with Gasteiger partial charge in [0, 0.05) is 36.0 Å². The van der Waals surface area contributed by atoms with Crippen LogP contribution in [0.2, 0.25) is 0 Å². The Labute approximate surface area is 203 Å². The maximum Gasteiger partial charge on any atom is 0.251 e. The number of hydrogen-bond donors (Lipinski definition) is 2. The van der Waals surface area contributed by atoms with Crippen molar-refractivity contribution in [1.29, 1.82) is 0 Å². The summed E-state index contributed by atoms with van der Waals surface area (Å²) in [7, 11) is 0. The van der Waals surface area contributed by atoms with E-state index >= 15 is 0 Å². The smallest absolute Gasteiger partial charge is 0.251 e.